The van der Waals surface area contributed by atoms with Gasteiger partial charge < -0.3 is 14.5 Å². The molecule has 0 saturated heterocycles. The second-order valence-electron chi connectivity index (χ2n) is 3.55. The number of carbonyl (C=O) groups excluding carboxylic acids is 1. The van der Waals surface area contributed by atoms with E-state index >= 15 is 0 Å². The number of carbonyl (C=O) groups is 1. The van der Waals surface area contributed by atoms with Crippen LogP contribution in [0.25, 0.3) is 10.9 Å². The van der Waals surface area contributed by atoms with Crippen molar-refractivity contribution in [3.8, 4) is 0 Å². The predicted octanol–water partition coefficient (Wildman–Crippen LogP) is -2.30. The largest absolute Gasteiger partial charge is 1.00 e. The quantitative estimate of drug-likeness (QED) is 0.551. The van der Waals surface area contributed by atoms with Crippen LogP contribution in [0.1, 0.15) is 10.4 Å². The van der Waals surface area contributed by atoms with E-state index in [-0.39, 0.29) is 40.0 Å². The van der Waals surface area contributed by atoms with Crippen molar-refractivity contribution in [2.24, 2.45) is 7.05 Å². The van der Waals surface area contributed by atoms with E-state index in [2.05, 4.69) is 0 Å². The summed E-state index contributed by atoms with van der Waals surface area (Å²) in [6, 6.07) is 2.19. The third-order valence-corrected chi connectivity index (χ3v) is 2.74. The Hall–Kier alpha value is -0.880. The number of fused-ring (bicyclic) bond motifs is 1. The zero-order chi connectivity index (χ0) is 12.7. The number of aryl methyl sites for hydroxylation is 1. The molecule has 0 N–H and O–H groups in total. The van der Waals surface area contributed by atoms with Crippen LogP contribution in [0.4, 0.5) is 4.39 Å². The summed E-state index contributed by atoms with van der Waals surface area (Å²) in [6.45, 7) is 0. The first kappa shape index (κ1) is 15.2. The van der Waals surface area contributed by atoms with Gasteiger partial charge in [-0.25, -0.2) is 4.39 Å². The molecule has 0 fully saturated rings. The summed E-state index contributed by atoms with van der Waals surface area (Å²) in [5.41, 5.74) is -0.943. The number of pyridine rings is 1. The second-order valence-corrected chi connectivity index (χ2v) is 3.96. The monoisotopic (exact) mass is 277 g/mol. The Morgan fingerprint density at radius 1 is 1.44 bits per heavy atom. The standard InChI is InChI=1S/C11H7ClFNO3.Na/c1-14-4-6(11(16)17)10(15)5-2-8(13)7(12)3-9(5)14;/h2-4H,1H3,(H,16,17);/q;+1/p-1. The molecule has 0 aliphatic rings. The minimum absolute atomic E-state index is 0. The van der Waals surface area contributed by atoms with Gasteiger partial charge >= 0.3 is 29.6 Å². The number of aromatic nitrogens is 1. The summed E-state index contributed by atoms with van der Waals surface area (Å²) in [6.07, 6.45) is 1.12. The molecule has 4 nitrogen and oxygen atoms in total. The van der Waals surface area contributed by atoms with Crippen LogP contribution in [-0.2, 0) is 7.05 Å². The smallest absolute Gasteiger partial charge is 0.545 e. The number of halogens is 2. The summed E-state index contributed by atoms with van der Waals surface area (Å²) in [7, 11) is 1.53. The van der Waals surface area contributed by atoms with Gasteiger partial charge in [-0.05, 0) is 12.1 Å². The van der Waals surface area contributed by atoms with Gasteiger partial charge in [0, 0.05) is 18.6 Å². The molecule has 0 radical (unpaired) electrons. The minimum Gasteiger partial charge on any atom is -0.545 e. The molecule has 0 aliphatic heterocycles. The molecule has 0 saturated carbocycles. The van der Waals surface area contributed by atoms with Crippen molar-refractivity contribution < 1.29 is 43.8 Å². The van der Waals surface area contributed by atoms with Crippen molar-refractivity contribution in [1.82, 2.24) is 4.57 Å². The van der Waals surface area contributed by atoms with E-state index in [1.807, 2.05) is 0 Å². The van der Waals surface area contributed by atoms with Crippen molar-refractivity contribution in [2.45, 2.75) is 0 Å². The van der Waals surface area contributed by atoms with E-state index in [0.29, 0.717) is 5.52 Å². The third-order valence-electron chi connectivity index (χ3n) is 2.45. The van der Waals surface area contributed by atoms with Gasteiger partial charge in [0.15, 0.2) is 5.43 Å². The number of hydrogen-bond donors (Lipinski definition) is 0. The SMILES string of the molecule is Cn1cc(C(=O)[O-])c(=O)c2cc(F)c(Cl)cc21.[Na+]. The number of carboxylic acid groups (broad SMARTS) is 1. The number of rotatable bonds is 1. The van der Waals surface area contributed by atoms with Crippen LogP contribution in [0, 0.1) is 5.82 Å². The minimum atomic E-state index is -1.59. The Morgan fingerprint density at radius 3 is 2.61 bits per heavy atom. The van der Waals surface area contributed by atoms with E-state index in [0.717, 1.165) is 12.3 Å². The number of carboxylic acids is 1. The van der Waals surface area contributed by atoms with E-state index in [1.54, 1.807) is 0 Å². The van der Waals surface area contributed by atoms with Gasteiger partial charge in [-0.3, -0.25) is 4.79 Å². The number of aromatic carboxylic acids is 1. The molecule has 18 heavy (non-hydrogen) atoms. The van der Waals surface area contributed by atoms with Gasteiger partial charge in [-0.2, -0.15) is 0 Å². The average molecular weight is 278 g/mol. The Balaban J connectivity index is 0.00000162. The number of nitrogens with zero attached hydrogens (tertiary/aromatic N) is 1. The summed E-state index contributed by atoms with van der Waals surface area (Å²) >= 11 is 5.60. The van der Waals surface area contributed by atoms with Crippen molar-refractivity contribution in [3.63, 3.8) is 0 Å². The van der Waals surface area contributed by atoms with Gasteiger partial charge in [0.2, 0.25) is 0 Å². The molecule has 2 rings (SSSR count). The average Bonchev–Trinajstić information content (AvgIpc) is 2.25. The summed E-state index contributed by atoms with van der Waals surface area (Å²) in [4.78, 5) is 22.5. The van der Waals surface area contributed by atoms with Gasteiger partial charge in [0.1, 0.15) is 5.82 Å². The van der Waals surface area contributed by atoms with E-state index in [1.165, 1.54) is 17.7 Å². The first-order valence-corrected chi connectivity index (χ1v) is 4.99. The van der Waals surface area contributed by atoms with Crippen LogP contribution in [0.15, 0.2) is 23.1 Å². The topological polar surface area (TPSA) is 62.1 Å². The van der Waals surface area contributed by atoms with E-state index in [9.17, 15) is 19.1 Å². The molecule has 88 valence electrons. The summed E-state index contributed by atoms with van der Waals surface area (Å²) in [5, 5.41) is 10.5. The van der Waals surface area contributed by atoms with Crippen molar-refractivity contribution in [2.75, 3.05) is 0 Å². The maximum atomic E-state index is 13.3. The number of benzene rings is 1. The fraction of sp³-hybridized carbons (Fsp3) is 0.0909. The van der Waals surface area contributed by atoms with Crippen molar-refractivity contribution >= 4 is 28.5 Å². The maximum absolute atomic E-state index is 13.3. The van der Waals surface area contributed by atoms with Crippen LogP contribution >= 0.6 is 11.6 Å². The molecule has 7 heteroatoms. The molecule has 0 aliphatic carbocycles. The van der Waals surface area contributed by atoms with Crippen molar-refractivity contribution in [3.05, 3.63) is 45.0 Å². The molecule has 1 aromatic carbocycles. The normalized spacial score (nSPS) is 10.2. The molecular weight excluding hydrogens is 272 g/mol. The summed E-state index contributed by atoms with van der Waals surface area (Å²) in [5.74, 6) is -2.37. The third kappa shape index (κ3) is 2.44. The Labute approximate surface area is 128 Å². The molecule has 1 heterocycles. The van der Waals surface area contributed by atoms with Gasteiger partial charge in [0.05, 0.1) is 22.1 Å². The van der Waals surface area contributed by atoms with Gasteiger partial charge in [0.25, 0.3) is 0 Å². The molecule has 0 unspecified atom stereocenters. The molecular formula is C11H6ClFNNaO3. The molecule has 0 bridgehead atoms. The first-order valence-electron chi connectivity index (χ1n) is 4.61. The van der Waals surface area contributed by atoms with Crippen LogP contribution in [0.5, 0.6) is 0 Å². The Bertz CT molecular complexity index is 699. The fourth-order valence-corrected chi connectivity index (χ4v) is 1.78. The molecule has 0 spiro atoms. The number of hydrogen-bond acceptors (Lipinski definition) is 3. The van der Waals surface area contributed by atoms with Crippen LogP contribution in [-0.4, -0.2) is 10.5 Å². The first-order chi connectivity index (χ1) is 7.91. The Kier molecular flexibility index (Phi) is 4.55. The van der Waals surface area contributed by atoms with Crippen LogP contribution < -0.4 is 40.1 Å². The molecule has 0 amide bonds. The van der Waals surface area contributed by atoms with Gasteiger partial charge in [-0.15, -0.1) is 0 Å². The maximum Gasteiger partial charge on any atom is 1.00 e. The zero-order valence-corrected chi connectivity index (χ0v) is 12.4. The zero-order valence-electron chi connectivity index (χ0n) is 9.66. The predicted molar refractivity (Wildman–Crippen MR) is 58.5 cm³/mol. The molecule has 0 atom stereocenters. The van der Waals surface area contributed by atoms with Crippen molar-refractivity contribution in [1.29, 1.82) is 0 Å². The molecule has 1 aromatic heterocycles. The fourth-order valence-electron chi connectivity index (χ4n) is 1.62. The van der Waals surface area contributed by atoms with Crippen LogP contribution in [0.3, 0.4) is 0 Å². The van der Waals surface area contributed by atoms with E-state index < -0.39 is 22.8 Å². The molecule has 2 aromatic rings. The summed E-state index contributed by atoms with van der Waals surface area (Å²) < 4.78 is 14.6. The van der Waals surface area contributed by atoms with Crippen LogP contribution in [0.2, 0.25) is 5.02 Å². The van der Waals surface area contributed by atoms with Gasteiger partial charge in [-0.1, -0.05) is 11.6 Å². The van der Waals surface area contributed by atoms with E-state index in [4.69, 9.17) is 11.6 Å². The Morgan fingerprint density at radius 2 is 2.06 bits per heavy atom. The second kappa shape index (κ2) is 5.40.